The molecule has 0 spiro atoms. The van der Waals surface area contributed by atoms with Crippen LogP contribution in [0.3, 0.4) is 0 Å². The number of esters is 1. The van der Waals surface area contributed by atoms with Crippen molar-refractivity contribution in [2.45, 2.75) is 37.4 Å². The first kappa shape index (κ1) is 25.5. The molecule has 14 heteroatoms. The van der Waals surface area contributed by atoms with Crippen molar-refractivity contribution in [1.29, 1.82) is 0 Å². The van der Waals surface area contributed by atoms with Crippen molar-refractivity contribution in [1.82, 2.24) is 15.2 Å². The molecule has 3 unspecified atom stereocenters. The van der Waals surface area contributed by atoms with Crippen LogP contribution in [0.25, 0.3) is 0 Å². The molecule has 4 atom stereocenters. The van der Waals surface area contributed by atoms with Gasteiger partial charge in [0.05, 0.1) is 10.7 Å². The average Bonchev–Trinajstić information content (AvgIpc) is 3.20. The Morgan fingerprint density at radius 2 is 2.15 bits per heavy atom. The minimum atomic E-state index is -1.56. The highest BCUT2D eigenvalue weighted by Crippen LogP contribution is 2.48. The number of nitrogen functional groups attached to an aromatic ring is 1. The van der Waals surface area contributed by atoms with Crippen molar-refractivity contribution in [3.8, 4) is 0 Å². The number of aliphatic carboxylic acids is 1. The second-order valence-electron chi connectivity index (χ2n) is 8.85. The van der Waals surface area contributed by atoms with Gasteiger partial charge in [0.15, 0.2) is 10.8 Å². The first-order valence-corrected chi connectivity index (χ1v) is 11.9. The maximum atomic E-state index is 12.8. The van der Waals surface area contributed by atoms with Crippen molar-refractivity contribution in [2.75, 3.05) is 18.9 Å². The molecule has 0 radical (unpaired) electrons. The fourth-order valence-corrected chi connectivity index (χ4v) is 5.73. The smallest absolute Gasteiger partial charge is 0.316 e. The average molecular weight is 512 g/mol. The molecular weight excluding hydrogens is 486 g/mol. The Balaban J connectivity index is 1.79. The molecule has 0 aliphatic carbocycles. The first-order chi connectivity index (χ1) is 15.9. The number of carboxylic acid groups (broad SMARTS) is 1. The van der Waals surface area contributed by atoms with Crippen LogP contribution in [0.15, 0.2) is 23.2 Å². The molecule has 12 nitrogen and oxygen atoms in total. The van der Waals surface area contributed by atoms with Crippen LogP contribution in [0.4, 0.5) is 5.13 Å². The lowest BCUT2D eigenvalue weighted by Crippen LogP contribution is -2.75. The summed E-state index contributed by atoms with van der Waals surface area (Å²) in [5.41, 5.74) is 2.85. The van der Waals surface area contributed by atoms with Crippen LogP contribution in [0, 0.1) is 10.8 Å². The number of rotatable bonds is 7. The van der Waals surface area contributed by atoms with Gasteiger partial charge >= 0.3 is 11.9 Å². The summed E-state index contributed by atoms with van der Waals surface area (Å²) in [7, 11) is 0. The monoisotopic (exact) mass is 511 g/mol. The SMILES string of the molecule is C=CC1(C(=O)O)CN2C(=O)C(NC(=O)C(=NO)c3csc(N)n3)[C@H]2SC1COC(=O)C(C)(C)C. The number of aromatic nitrogens is 1. The second kappa shape index (κ2) is 9.25. The number of thioether (sulfide) groups is 1. The van der Waals surface area contributed by atoms with E-state index in [9.17, 15) is 29.5 Å². The zero-order valence-corrected chi connectivity index (χ0v) is 20.3. The molecule has 2 aliphatic rings. The van der Waals surface area contributed by atoms with Crippen molar-refractivity contribution in [2.24, 2.45) is 16.0 Å². The van der Waals surface area contributed by atoms with E-state index in [4.69, 9.17) is 10.5 Å². The standard InChI is InChI=1S/C20H25N5O7S2/c1-5-20(16(28)29)8-25-14(27)12(15(25)34-10(20)6-32-17(30)19(2,3)4)23-13(26)11(24-31)9-7-33-18(21)22-9/h5,7,10,12,15,31H,1,6,8H2,2-4H3,(H2,21,22)(H,23,26)(H,28,29)/t10?,12?,15-,20?/m1/s1. The van der Waals surface area contributed by atoms with Crippen molar-refractivity contribution >= 4 is 57.7 Å². The molecule has 2 saturated heterocycles. The van der Waals surface area contributed by atoms with Gasteiger partial charge in [-0.15, -0.1) is 29.7 Å². The summed E-state index contributed by atoms with van der Waals surface area (Å²) < 4.78 is 5.39. The van der Waals surface area contributed by atoms with Gasteiger partial charge in [-0.3, -0.25) is 19.2 Å². The quantitative estimate of drug-likeness (QED) is 0.100. The molecule has 1 aromatic heterocycles. The number of anilines is 1. The number of nitrogens with two attached hydrogens (primary N) is 1. The van der Waals surface area contributed by atoms with E-state index in [2.05, 4.69) is 22.0 Å². The van der Waals surface area contributed by atoms with E-state index in [0.717, 1.165) is 23.1 Å². The molecule has 0 aromatic carbocycles. The number of carbonyl (C=O) groups is 4. The summed E-state index contributed by atoms with van der Waals surface area (Å²) in [4.78, 5) is 55.1. The predicted molar refractivity (Wildman–Crippen MR) is 124 cm³/mol. The largest absolute Gasteiger partial charge is 0.481 e. The number of β-lactam (4-membered cyclic amide) rings is 1. The number of nitrogens with one attached hydrogen (secondary N) is 1. The highest BCUT2D eigenvalue weighted by atomic mass is 32.2. The van der Waals surface area contributed by atoms with Gasteiger partial charge in [-0.1, -0.05) is 11.2 Å². The number of carboxylic acids is 1. The third-order valence-electron chi connectivity index (χ3n) is 5.56. The van der Waals surface area contributed by atoms with E-state index in [1.807, 2.05) is 0 Å². The fraction of sp³-hybridized carbons (Fsp3) is 0.500. The number of thiazole rings is 1. The van der Waals surface area contributed by atoms with E-state index in [1.54, 1.807) is 20.8 Å². The van der Waals surface area contributed by atoms with Gasteiger partial charge in [-0.25, -0.2) is 4.98 Å². The zero-order valence-electron chi connectivity index (χ0n) is 18.7. The number of carbonyl (C=O) groups excluding carboxylic acids is 3. The Hall–Kier alpha value is -3.13. The summed E-state index contributed by atoms with van der Waals surface area (Å²) in [6, 6.07) is -1.01. The minimum absolute atomic E-state index is 0.0472. The Morgan fingerprint density at radius 1 is 1.47 bits per heavy atom. The molecule has 3 rings (SSSR count). The number of hydrogen-bond donors (Lipinski definition) is 4. The molecular formula is C20H25N5O7S2. The zero-order chi connectivity index (χ0) is 25.4. The maximum Gasteiger partial charge on any atom is 0.316 e. The molecule has 3 heterocycles. The topological polar surface area (TPSA) is 185 Å². The Morgan fingerprint density at radius 3 is 2.65 bits per heavy atom. The van der Waals surface area contributed by atoms with E-state index in [1.165, 1.54) is 16.4 Å². The number of hydrogen-bond acceptors (Lipinski definition) is 11. The van der Waals surface area contributed by atoms with E-state index < -0.39 is 57.0 Å². The van der Waals surface area contributed by atoms with Gasteiger partial charge in [0.25, 0.3) is 5.91 Å². The van der Waals surface area contributed by atoms with Crippen LogP contribution in [0.1, 0.15) is 26.5 Å². The van der Waals surface area contributed by atoms with Gasteiger partial charge < -0.3 is 31.0 Å². The lowest BCUT2D eigenvalue weighted by Gasteiger charge is -2.55. The fourth-order valence-electron chi connectivity index (χ4n) is 3.51. The first-order valence-electron chi connectivity index (χ1n) is 10.1. The summed E-state index contributed by atoms with van der Waals surface area (Å²) in [5, 5.41) is 24.9. The molecule has 2 aliphatic heterocycles. The summed E-state index contributed by atoms with van der Waals surface area (Å²) in [6.07, 6.45) is 1.25. The minimum Gasteiger partial charge on any atom is -0.481 e. The Bertz CT molecular complexity index is 1070. The molecule has 0 bridgehead atoms. The van der Waals surface area contributed by atoms with Crippen LogP contribution < -0.4 is 11.1 Å². The van der Waals surface area contributed by atoms with Crippen LogP contribution in [0.2, 0.25) is 0 Å². The number of nitrogens with zero attached hydrogens (tertiary/aromatic N) is 3. The predicted octanol–water partition coefficient (Wildman–Crippen LogP) is 0.518. The number of fused-ring (bicyclic) bond motifs is 1. The second-order valence-corrected chi connectivity index (χ2v) is 11.1. The van der Waals surface area contributed by atoms with E-state index in [-0.39, 0.29) is 24.0 Å². The van der Waals surface area contributed by atoms with E-state index >= 15 is 0 Å². The van der Waals surface area contributed by atoms with Crippen LogP contribution in [-0.4, -0.2) is 79.5 Å². The summed E-state index contributed by atoms with van der Waals surface area (Å²) >= 11 is 2.14. The van der Waals surface area contributed by atoms with Crippen molar-refractivity contribution in [3.63, 3.8) is 0 Å². The molecule has 184 valence electrons. The summed E-state index contributed by atoms with van der Waals surface area (Å²) in [6.45, 7) is 8.25. The highest BCUT2D eigenvalue weighted by Gasteiger charge is 2.61. The lowest BCUT2D eigenvalue weighted by molar-refractivity contribution is -0.161. The van der Waals surface area contributed by atoms with Crippen molar-refractivity contribution < 1.29 is 34.2 Å². The number of amides is 2. The number of oxime groups is 1. The highest BCUT2D eigenvalue weighted by molar-refractivity contribution is 8.00. The van der Waals surface area contributed by atoms with Crippen molar-refractivity contribution in [3.05, 3.63) is 23.7 Å². The van der Waals surface area contributed by atoms with Gasteiger partial charge in [-0.2, -0.15) is 0 Å². The molecule has 1 aromatic rings. The Kier molecular flexibility index (Phi) is 6.94. The molecule has 2 fully saturated rings. The molecule has 2 amide bonds. The van der Waals surface area contributed by atoms with E-state index in [0.29, 0.717) is 0 Å². The molecule has 5 N–H and O–H groups in total. The number of ether oxygens (including phenoxy) is 1. The summed E-state index contributed by atoms with van der Waals surface area (Å²) in [5.74, 6) is -3.06. The van der Waals surface area contributed by atoms with Gasteiger partial charge in [0.1, 0.15) is 29.1 Å². The Labute approximate surface area is 203 Å². The van der Waals surface area contributed by atoms with Crippen LogP contribution >= 0.6 is 23.1 Å². The third kappa shape index (κ3) is 4.46. The van der Waals surface area contributed by atoms with Gasteiger partial charge in [-0.05, 0) is 20.8 Å². The third-order valence-corrected chi connectivity index (χ3v) is 7.92. The van der Waals surface area contributed by atoms with Crippen LogP contribution in [-0.2, 0) is 23.9 Å². The normalized spacial score (nSPS) is 26.8. The molecule has 0 saturated carbocycles. The van der Waals surface area contributed by atoms with Gasteiger partial charge in [0.2, 0.25) is 5.91 Å². The maximum absolute atomic E-state index is 12.8. The lowest BCUT2D eigenvalue weighted by atomic mass is 9.81. The van der Waals surface area contributed by atoms with Crippen LogP contribution in [0.5, 0.6) is 0 Å². The molecule has 34 heavy (non-hydrogen) atoms. The van der Waals surface area contributed by atoms with Gasteiger partial charge in [0, 0.05) is 11.9 Å².